The van der Waals surface area contributed by atoms with Crippen molar-refractivity contribution in [1.29, 1.82) is 0 Å². The fraction of sp³-hybridized carbons (Fsp3) is 1.00. The van der Waals surface area contributed by atoms with E-state index in [0.717, 1.165) is 18.6 Å². The molecule has 0 radical (unpaired) electrons. The van der Waals surface area contributed by atoms with Crippen LogP contribution in [-0.2, 0) is 0 Å². The number of hydrogen-bond acceptors (Lipinski definition) is 2. The van der Waals surface area contributed by atoms with Crippen molar-refractivity contribution in [3.05, 3.63) is 0 Å². The molecule has 0 bridgehead atoms. The van der Waals surface area contributed by atoms with E-state index in [4.69, 9.17) is 5.73 Å². The van der Waals surface area contributed by atoms with Gasteiger partial charge in [0.15, 0.2) is 0 Å². The molecule has 2 fully saturated rings. The van der Waals surface area contributed by atoms with E-state index in [1.54, 1.807) is 0 Å². The third kappa shape index (κ3) is 1.57. The molecule has 2 N–H and O–H groups in total. The second-order valence-electron chi connectivity index (χ2n) is 3.88. The summed E-state index contributed by atoms with van der Waals surface area (Å²) in [5.41, 5.74) is 5.59. The van der Waals surface area contributed by atoms with E-state index < -0.39 is 0 Å². The van der Waals surface area contributed by atoms with Crippen LogP contribution < -0.4 is 5.73 Å². The average molecular weight is 154 g/mol. The molecule has 0 aromatic heterocycles. The van der Waals surface area contributed by atoms with Crippen LogP contribution in [0.5, 0.6) is 0 Å². The van der Waals surface area contributed by atoms with E-state index in [9.17, 15) is 0 Å². The lowest BCUT2D eigenvalue weighted by atomic mass is 9.95. The summed E-state index contributed by atoms with van der Waals surface area (Å²) in [6.07, 6.45) is 7.20. The highest BCUT2D eigenvalue weighted by Crippen LogP contribution is 2.30. The Labute approximate surface area is 68.7 Å². The highest BCUT2D eigenvalue weighted by molar-refractivity contribution is 4.95. The van der Waals surface area contributed by atoms with Gasteiger partial charge in [-0.1, -0.05) is 19.3 Å². The Hall–Kier alpha value is -0.0800. The average Bonchev–Trinajstić information content (AvgIpc) is 2.85. The fourth-order valence-corrected chi connectivity index (χ4v) is 2.27. The normalized spacial score (nSPS) is 39.0. The second-order valence-corrected chi connectivity index (χ2v) is 3.88. The molecule has 1 saturated carbocycles. The van der Waals surface area contributed by atoms with Crippen molar-refractivity contribution in [2.75, 3.05) is 13.1 Å². The maximum absolute atomic E-state index is 5.59. The molecule has 1 heterocycles. The van der Waals surface area contributed by atoms with Crippen molar-refractivity contribution in [2.24, 2.45) is 5.73 Å². The molecule has 2 aliphatic rings. The summed E-state index contributed by atoms with van der Waals surface area (Å²) in [6, 6.07) is 1.65. The van der Waals surface area contributed by atoms with E-state index in [0.29, 0.717) is 0 Å². The first-order valence-corrected chi connectivity index (χ1v) is 4.87. The third-order valence-corrected chi connectivity index (χ3v) is 3.07. The van der Waals surface area contributed by atoms with Crippen molar-refractivity contribution in [1.82, 2.24) is 4.90 Å². The van der Waals surface area contributed by atoms with E-state index in [2.05, 4.69) is 4.90 Å². The van der Waals surface area contributed by atoms with Crippen molar-refractivity contribution in [2.45, 2.75) is 44.2 Å². The monoisotopic (exact) mass is 154 g/mol. The molecule has 1 aliphatic heterocycles. The second kappa shape index (κ2) is 3.11. The van der Waals surface area contributed by atoms with Gasteiger partial charge in [-0.2, -0.15) is 0 Å². The zero-order valence-electron chi connectivity index (χ0n) is 7.13. The standard InChI is InChI=1S/C9H18N2/c10-6-9-7-11(9)8-4-2-1-3-5-8/h8-9H,1-7,10H2. The Morgan fingerprint density at radius 1 is 1.18 bits per heavy atom. The van der Waals surface area contributed by atoms with Gasteiger partial charge in [0.25, 0.3) is 0 Å². The molecule has 2 rings (SSSR count). The lowest BCUT2D eigenvalue weighted by Crippen LogP contribution is -2.25. The summed E-state index contributed by atoms with van der Waals surface area (Å²) < 4.78 is 0. The van der Waals surface area contributed by atoms with Crippen LogP contribution in [0.4, 0.5) is 0 Å². The first-order valence-electron chi connectivity index (χ1n) is 4.87. The Bertz CT molecular complexity index is 130. The molecule has 2 heteroatoms. The van der Waals surface area contributed by atoms with Crippen LogP contribution in [0.25, 0.3) is 0 Å². The van der Waals surface area contributed by atoms with E-state index in [-0.39, 0.29) is 0 Å². The molecule has 2 nitrogen and oxygen atoms in total. The lowest BCUT2D eigenvalue weighted by Gasteiger charge is -2.23. The minimum atomic E-state index is 0.748. The SMILES string of the molecule is NCC1CN1C1CCCCC1. The van der Waals surface area contributed by atoms with Crippen molar-refractivity contribution in [3.63, 3.8) is 0 Å². The van der Waals surface area contributed by atoms with E-state index in [1.807, 2.05) is 0 Å². The zero-order chi connectivity index (χ0) is 7.68. The summed E-state index contributed by atoms with van der Waals surface area (Å²) in [4.78, 5) is 2.58. The molecule has 64 valence electrons. The van der Waals surface area contributed by atoms with Gasteiger partial charge in [0.2, 0.25) is 0 Å². The van der Waals surface area contributed by atoms with Gasteiger partial charge in [0, 0.05) is 25.2 Å². The Balaban J connectivity index is 1.77. The van der Waals surface area contributed by atoms with Gasteiger partial charge in [-0.15, -0.1) is 0 Å². The largest absolute Gasteiger partial charge is 0.329 e. The predicted octanol–water partition coefficient (Wildman–Crippen LogP) is 0.962. The minimum Gasteiger partial charge on any atom is -0.329 e. The number of nitrogens with zero attached hydrogens (tertiary/aromatic N) is 1. The maximum atomic E-state index is 5.59. The van der Waals surface area contributed by atoms with Crippen LogP contribution in [0.2, 0.25) is 0 Å². The van der Waals surface area contributed by atoms with Crippen LogP contribution in [0.15, 0.2) is 0 Å². The molecular formula is C9H18N2. The van der Waals surface area contributed by atoms with Gasteiger partial charge in [-0.3, -0.25) is 4.90 Å². The number of rotatable bonds is 2. The molecule has 0 aromatic rings. The van der Waals surface area contributed by atoms with Crippen LogP contribution in [0.1, 0.15) is 32.1 Å². The summed E-state index contributed by atoms with van der Waals surface area (Å²) in [5.74, 6) is 0. The molecule has 0 amide bonds. The van der Waals surface area contributed by atoms with Gasteiger partial charge in [-0.25, -0.2) is 0 Å². The summed E-state index contributed by atoms with van der Waals surface area (Å²) >= 11 is 0. The first-order chi connectivity index (χ1) is 5.42. The Morgan fingerprint density at radius 3 is 2.45 bits per heavy atom. The maximum Gasteiger partial charge on any atom is 0.0349 e. The van der Waals surface area contributed by atoms with Crippen molar-refractivity contribution in [3.8, 4) is 0 Å². The van der Waals surface area contributed by atoms with Gasteiger partial charge in [-0.05, 0) is 12.8 Å². The van der Waals surface area contributed by atoms with Gasteiger partial charge < -0.3 is 5.73 Å². The Kier molecular flexibility index (Phi) is 2.14. The zero-order valence-corrected chi connectivity index (χ0v) is 7.13. The molecular weight excluding hydrogens is 136 g/mol. The van der Waals surface area contributed by atoms with E-state index >= 15 is 0 Å². The van der Waals surface area contributed by atoms with Gasteiger partial charge in [0.05, 0.1) is 0 Å². The predicted molar refractivity (Wildman–Crippen MR) is 46.4 cm³/mol. The molecule has 1 saturated heterocycles. The number of nitrogens with two attached hydrogens (primary N) is 1. The lowest BCUT2D eigenvalue weighted by molar-refractivity contribution is 0.283. The summed E-state index contributed by atoms with van der Waals surface area (Å²) in [5, 5.41) is 0. The van der Waals surface area contributed by atoms with Crippen molar-refractivity contribution >= 4 is 0 Å². The quantitative estimate of drug-likeness (QED) is 0.600. The van der Waals surface area contributed by atoms with Crippen LogP contribution in [0.3, 0.4) is 0 Å². The molecule has 2 unspecified atom stereocenters. The molecule has 2 atom stereocenters. The highest BCUT2D eigenvalue weighted by atomic mass is 15.3. The molecule has 11 heavy (non-hydrogen) atoms. The molecule has 0 spiro atoms. The minimum absolute atomic E-state index is 0.748. The van der Waals surface area contributed by atoms with Gasteiger partial charge in [0.1, 0.15) is 0 Å². The van der Waals surface area contributed by atoms with Crippen LogP contribution >= 0.6 is 0 Å². The first kappa shape index (κ1) is 7.56. The molecule has 1 aliphatic carbocycles. The third-order valence-electron chi connectivity index (χ3n) is 3.07. The Morgan fingerprint density at radius 2 is 1.91 bits per heavy atom. The molecule has 0 aromatic carbocycles. The number of hydrogen-bond donors (Lipinski definition) is 1. The highest BCUT2D eigenvalue weighted by Gasteiger charge is 2.38. The summed E-state index contributed by atoms with van der Waals surface area (Å²) in [7, 11) is 0. The fourth-order valence-electron chi connectivity index (χ4n) is 2.27. The topological polar surface area (TPSA) is 29.0 Å². The van der Waals surface area contributed by atoms with Crippen LogP contribution in [0, 0.1) is 0 Å². The smallest absolute Gasteiger partial charge is 0.0349 e. The van der Waals surface area contributed by atoms with Crippen LogP contribution in [-0.4, -0.2) is 30.1 Å². The van der Waals surface area contributed by atoms with E-state index in [1.165, 1.54) is 38.6 Å². The van der Waals surface area contributed by atoms with Crippen molar-refractivity contribution < 1.29 is 0 Å². The summed E-state index contributed by atoms with van der Waals surface area (Å²) in [6.45, 7) is 2.15. The van der Waals surface area contributed by atoms with Gasteiger partial charge >= 0.3 is 0 Å².